The highest BCUT2D eigenvalue weighted by atomic mass is 32.2. The highest BCUT2D eigenvalue weighted by molar-refractivity contribution is 7.89. The highest BCUT2D eigenvalue weighted by Gasteiger charge is 2.24. The number of carbonyl (C=O) groups excluding carboxylic acids is 2. The fourth-order valence-electron chi connectivity index (χ4n) is 2.44. The first-order chi connectivity index (χ1) is 13.2. The van der Waals surface area contributed by atoms with Gasteiger partial charge in [0.2, 0.25) is 16.1 Å². The number of aromatic nitrogens is 3. The van der Waals surface area contributed by atoms with Crippen molar-refractivity contribution < 1.29 is 22.8 Å². The summed E-state index contributed by atoms with van der Waals surface area (Å²) in [4.78, 5) is 29.9. The van der Waals surface area contributed by atoms with Gasteiger partial charge >= 0.3 is 6.03 Å². The van der Waals surface area contributed by atoms with Crippen molar-refractivity contribution in [3.63, 3.8) is 0 Å². The normalized spacial score (nSPS) is 12.8. The molecular weight excluding hydrogens is 388 g/mol. The smallest absolute Gasteiger partial charge is 0.321 e. The molecule has 0 saturated heterocycles. The van der Waals surface area contributed by atoms with Crippen LogP contribution in [0.1, 0.15) is 27.7 Å². The third-order valence-electron chi connectivity index (χ3n) is 3.93. The first kappa shape index (κ1) is 21.6. The second kappa shape index (κ2) is 8.97. The molecule has 0 aliphatic heterocycles. The SMILES string of the molecule is CCNC(=O)NC(=O)[C@H](C)On1nnc2ccc(S(=O)(=O)N(CC)CC)cc21. The minimum atomic E-state index is -3.68. The van der Waals surface area contributed by atoms with Gasteiger partial charge in [0.05, 0.1) is 4.90 Å². The number of urea groups is 1. The van der Waals surface area contributed by atoms with Crippen molar-refractivity contribution in [3.05, 3.63) is 18.2 Å². The quantitative estimate of drug-likeness (QED) is 0.629. The zero-order valence-corrected chi connectivity index (χ0v) is 17.0. The number of nitrogens with one attached hydrogen (secondary N) is 2. The lowest BCUT2D eigenvalue weighted by molar-refractivity contribution is -0.131. The summed E-state index contributed by atoms with van der Waals surface area (Å²) in [5.74, 6) is -0.679. The molecule has 154 valence electrons. The first-order valence-corrected chi connectivity index (χ1v) is 10.3. The summed E-state index contributed by atoms with van der Waals surface area (Å²) in [5.41, 5.74) is 0.681. The predicted octanol–water partition coefficient (Wildman–Crippen LogP) is 0.125. The standard InChI is InChI=1S/C16H24N6O5S/c1-5-17-16(24)18-15(23)11(4)27-22-14-10-12(8-9-13(14)19-20-22)28(25,26)21(6-2)7-3/h8-11H,5-7H2,1-4H3,(H2,17,18,23,24)/t11-/m0/s1. The lowest BCUT2D eigenvalue weighted by atomic mass is 10.3. The number of fused-ring (bicyclic) bond motifs is 1. The number of hydrogen-bond donors (Lipinski definition) is 2. The monoisotopic (exact) mass is 412 g/mol. The average molecular weight is 412 g/mol. The van der Waals surface area contributed by atoms with Crippen LogP contribution in [0.3, 0.4) is 0 Å². The minimum absolute atomic E-state index is 0.0651. The topological polar surface area (TPSA) is 136 Å². The largest absolute Gasteiger partial charge is 0.382 e. The molecule has 0 fully saturated rings. The first-order valence-electron chi connectivity index (χ1n) is 8.86. The Bertz CT molecular complexity index is 954. The van der Waals surface area contributed by atoms with Crippen molar-refractivity contribution in [2.45, 2.75) is 38.7 Å². The van der Waals surface area contributed by atoms with Gasteiger partial charge in [-0.2, -0.15) is 4.31 Å². The van der Waals surface area contributed by atoms with Crippen LogP contribution in [0.4, 0.5) is 4.79 Å². The van der Waals surface area contributed by atoms with Gasteiger partial charge in [0.15, 0.2) is 0 Å². The fraction of sp³-hybridized carbons (Fsp3) is 0.500. The van der Waals surface area contributed by atoms with E-state index in [-0.39, 0.29) is 10.4 Å². The molecule has 2 rings (SSSR count). The summed E-state index contributed by atoms with van der Waals surface area (Å²) in [6.45, 7) is 7.69. The Balaban J connectivity index is 2.27. The Labute approximate surface area is 163 Å². The van der Waals surface area contributed by atoms with Gasteiger partial charge in [0, 0.05) is 19.6 Å². The maximum absolute atomic E-state index is 12.7. The van der Waals surface area contributed by atoms with E-state index >= 15 is 0 Å². The summed E-state index contributed by atoms with van der Waals surface area (Å²) in [7, 11) is -3.68. The minimum Gasteiger partial charge on any atom is -0.382 e. The van der Waals surface area contributed by atoms with Crippen LogP contribution in [-0.4, -0.2) is 65.6 Å². The van der Waals surface area contributed by atoms with Crippen molar-refractivity contribution in [1.82, 2.24) is 30.1 Å². The Morgan fingerprint density at radius 3 is 2.54 bits per heavy atom. The van der Waals surface area contributed by atoms with Gasteiger partial charge in [-0.1, -0.05) is 18.7 Å². The Morgan fingerprint density at radius 2 is 1.93 bits per heavy atom. The average Bonchev–Trinajstić information content (AvgIpc) is 3.04. The summed E-state index contributed by atoms with van der Waals surface area (Å²) in [6.07, 6.45) is -1.07. The fourth-order valence-corrected chi connectivity index (χ4v) is 3.92. The molecular formula is C16H24N6O5S. The van der Waals surface area contributed by atoms with Crippen molar-refractivity contribution in [1.29, 1.82) is 0 Å². The molecule has 28 heavy (non-hydrogen) atoms. The Morgan fingerprint density at radius 1 is 1.25 bits per heavy atom. The lowest BCUT2D eigenvalue weighted by Gasteiger charge is -2.18. The van der Waals surface area contributed by atoms with E-state index in [1.54, 1.807) is 20.8 Å². The molecule has 0 radical (unpaired) electrons. The molecule has 2 aromatic rings. The van der Waals surface area contributed by atoms with Crippen molar-refractivity contribution in [2.24, 2.45) is 0 Å². The van der Waals surface area contributed by atoms with Crippen molar-refractivity contribution in [2.75, 3.05) is 19.6 Å². The number of hydrogen-bond acceptors (Lipinski definition) is 7. The number of imide groups is 1. The second-order valence-electron chi connectivity index (χ2n) is 5.80. The van der Waals surface area contributed by atoms with Crippen LogP contribution in [0.15, 0.2) is 23.1 Å². The number of carbonyl (C=O) groups is 2. The van der Waals surface area contributed by atoms with Gasteiger partial charge in [-0.15, -0.1) is 5.10 Å². The van der Waals surface area contributed by atoms with E-state index < -0.39 is 28.1 Å². The van der Waals surface area contributed by atoms with Crippen LogP contribution in [0.2, 0.25) is 0 Å². The van der Waals surface area contributed by atoms with E-state index in [4.69, 9.17) is 4.84 Å². The van der Waals surface area contributed by atoms with E-state index in [0.717, 1.165) is 4.85 Å². The Kier molecular flexibility index (Phi) is 6.91. The van der Waals surface area contributed by atoms with Crippen LogP contribution < -0.4 is 15.5 Å². The molecule has 1 aromatic carbocycles. The van der Waals surface area contributed by atoms with Gasteiger partial charge in [0.1, 0.15) is 11.0 Å². The number of amides is 3. The van der Waals surface area contributed by atoms with Gasteiger partial charge < -0.3 is 10.2 Å². The van der Waals surface area contributed by atoms with E-state index in [9.17, 15) is 18.0 Å². The molecule has 0 aliphatic rings. The van der Waals surface area contributed by atoms with Crippen LogP contribution in [-0.2, 0) is 14.8 Å². The highest BCUT2D eigenvalue weighted by Crippen LogP contribution is 2.20. The second-order valence-corrected chi connectivity index (χ2v) is 7.74. The summed E-state index contributed by atoms with van der Waals surface area (Å²) in [6, 6.07) is 3.70. The zero-order chi connectivity index (χ0) is 20.9. The summed E-state index contributed by atoms with van der Waals surface area (Å²) < 4.78 is 26.7. The molecule has 2 N–H and O–H groups in total. The number of sulfonamides is 1. The van der Waals surface area contributed by atoms with Crippen LogP contribution in [0.5, 0.6) is 0 Å². The van der Waals surface area contributed by atoms with E-state index in [0.29, 0.717) is 25.2 Å². The molecule has 0 aliphatic carbocycles. The van der Waals surface area contributed by atoms with E-state index in [2.05, 4.69) is 20.9 Å². The molecule has 11 nitrogen and oxygen atoms in total. The van der Waals surface area contributed by atoms with E-state index in [1.165, 1.54) is 29.4 Å². The summed E-state index contributed by atoms with van der Waals surface area (Å²) in [5, 5.41) is 12.3. The Hall–Kier alpha value is -2.73. The maximum Gasteiger partial charge on any atom is 0.321 e. The summed E-state index contributed by atoms with van der Waals surface area (Å²) >= 11 is 0. The predicted molar refractivity (Wildman–Crippen MR) is 101 cm³/mol. The molecule has 1 aromatic heterocycles. The zero-order valence-electron chi connectivity index (χ0n) is 16.2. The van der Waals surface area contributed by atoms with Crippen molar-refractivity contribution >= 4 is 33.0 Å². The number of rotatable bonds is 8. The number of nitrogens with zero attached hydrogens (tertiary/aromatic N) is 4. The molecule has 3 amide bonds. The van der Waals surface area contributed by atoms with Gasteiger partial charge in [-0.05, 0) is 37.3 Å². The van der Waals surface area contributed by atoms with Gasteiger partial charge in [0.25, 0.3) is 5.91 Å². The molecule has 1 atom stereocenters. The van der Waals surface area contributed by atoms with Gasteiger partial charge in [-0.3, -0.25) is 10.1 Å². The van der Waals surface area contributed by atoms with Gasteiger partial charge in [-0.25, -0.2) is 13.2 Å². The molecule has 0 spiro atoms. The molecule has 12 heteroatoms. The molecule has 0 saturated carbocycles. The van der Waals surface area contributed by atoms with E-state index in [1.807, 2.05) is 0 Å². The lowest BCUT2D eigenvalue weighted by Crippen LogP contribution is -2.46. The molecule has 1 heterocycles. The maximum atomic E-state index is 12.7. The third-order valence-corrected chi connectivity index (χ3v) is 5.98. The number of benzene rings is 1. The third kappa shape index (κ3) is 4.57. The molecule has 0 bridgehead atoms. The molecule has 0 unspecified atom stereocenters. The van der Waals surface area contributed by atoms with Crippen molar-refractivity contribution in [3.8, 4) is 0 Å². The van der Waals surface area contributed by atoms with Crippen LogP contribution in [0.25, 0.3) is 11.0 Å². The van der Waals surface area contributed by atoms with Crippen LogP contribution >= 0.6 is 0 Å². The van der Waals surface area contributed by atoms with Crippen LogP contribution in [0, 0.1) is 0 Å².